The normalized spacial score (nSPS) is 26.2. The number of nitrogens with one attached hydrogen (secondary N) is 3. The fraction of sp³-hybridized carbons (Fsp3) is 0.808. The quantitative estimate of drug-likeness (QED) is 0.470. The standard InChI is InChI=1S/C26H43N5O6/c1-15(32)28-20(25(2,3)4)23(35)30-13-16-9-8-10-18(16)19(30)22(34)29-31(24(36)37-26(5,6)7)14-17-11-12-27-21(17)33/h16-20H,8-14H2,1-7H3,(H,27,33)(H,28,32)(H,29,34)/t16-,17-,18-,19-,20?/m0/s1. The summed E-state index contributed by atoms with van der Waals surface area (Å²) in [6.07, 6.45) is 2.45. The van der Waals surface area contributed by atoms with E-state index < -0.39 is 41.0 Å². The van der Waals surface area contributed by atoms with Crippen molar-refractivity contribution in [1.29, 1.82) is 0 Å². The zero-order valence-electron chi connectivity index (χ0n) is 23.2. The van der Waals surface area contributed by atoms with Crippen molar-refractivity contribution >= 4 is 29.7 Å². The molecule has 2 aliphatic heterocycles. The molecule has 1 unspecified atom stereocenters. The number of likely N-dealkylation sites (tertiary alicyclic amines) is 1. The summed E-state index contributed by atoms with van der Waals surface area (Å²) in [7, 11) is 0. The van der Waals surface area contributed by atoms with Crippen LogP contribution in [-0.4, -0.2) is 76.9 Å². The zero-order chi connectivity index (χ0) is 27.7. The summed E-state index contributed by atoms with van der Waals surface area (Å²) in [5, 5.41) is 6.59. The van der Waals surface area contributed by atoms with Gasteiger partial charge in [0.15, 0.2) is 0 Å². The average Bonchev–Trinajstić information content (AvgIpc) is 3.45. The van der Waals surface area contributed by atoms with E-state index in [1.54, 1.807) is 25.7 Å². The maximum atomic E-state index is 13.8. The molecule has 0 aromatic carbocycles. The van der Waals surface area contributed by atoms with E-state index in [9.17, 15) is 24.0 Å². The molecule has 11 nitrogen and oxygen atoms in total. The molecule has 5 atom stereocenters. The molecule has 5 amide bonds. The highest BCUT2D eigenvalue weighted by Gasteiger charge is 2.52. The molecule has 0 aromatic rings. The summed E-state index contributed by atoms with van der Waals surface area (Å²) in [6.45, 7) is 13.0. The second-order valence-electron chi connectivity index (χ2n) is 12.6. The molecule has 0 aromatic heterocycles. The van der Waals surface area contributed by atoms with Crippen LogP contribution in [0, 0.1) is 23.2 Å². The molecule has 208 valence electrons. The van der Waals surface area contributed by atoms with Crippen LogP contribution in [0.4, 0.5) is 4.79 Å². The maximum Gasteiger partial charge on any atom is 0.429 e. The third-order valence-corrected chi connectivity index (χ3v) is 7.33. The van der Waals surface area contributed by atoms with Crippen LogP contribution in [0.2, 0.25) is 0 Å². The van der Waals surface area contributed by atoms with Crippen LogP contribution in [0.1, 0.15) is 74.1 Å². The van der Waals surface area contributed by atoms with Crippen LogP contribution in [-0.2, 0) is 23.9 Å². The van der Waals surface area contributed by atoms with E-state index in [1.807, 2.05) is 20.8 Å². The summed E-state index contributed by atoms with van der Waals surface area (Å²) in [4.78, 5) is 66.3. The second kappa shape index (κ2) is 10.9. The van der Waals surface area contributed by atoms with Crippen molar-refractivity contribution in [3.05, 3.63) is 0 Å². The van der Waals surface area contributed by atoms with E-state index in [0.717, 1.165) is 24.3 Å². The molecular formula is C26H43N5O6. The summed E-state index contributed by atoms with van der Waals surface area (Å²) in [5.74, 6) is -1.64. The Morgan fingerprint density at radius 2 is 1.78 bits per heavy atom. The lowest BCUT2D eigenvalue weighted by Crippen LogP contribution is -2.60. The van der Waals surface area contributed by atoms with Gasteiger partial charge in [-0.05, 0) is 57.3 Å². The number of hydrogen-bond donors (Lipinski definition) is 3. The number of ether oxygens (including phenoxy) is 1. The Kier molecular flexibility index (Phi) is 8.44. The molecule has 2 saturated heterocycles. The largest absolute Gasteiger partial charge is 0.442 e. The zero-order valence-corrected chi connectivity index (χ0v) is 23.2. The fourth-order valence-corrected chi connectivity index (χ4v) is 5.61. The van der Waals surface area contributed by atoms with E-state index in [0.29, 0.717) is 19.5 Å². The highest BCUT2D eigenvalue weighted by molar-refractivity contribution is 5.93. The highest BCUT2D eigenvalue weighted by atomic mass is 16.6. The van der Waals surface area contributed by atoms with Crippen LogP contribution in [0.15, 0.2) is 0 Å². The summed E-state index contributed by atoms with van der Waals surface area (Å²) in [6, 6.07) is -1.59. The van der Waals surface area contributed by atoms with Gasteiger partial charge < -0.3 is 20.3 Å². The molecule has 11 heteroatoms. The van der Waals surface area contributed by atoms with Crippen LogP contribution in [0.25, 0.3) is 0 Å². The molecule has 1 aliphatic carbocycles. The Labute approximate surface area is 219 Å². The first-order valence-electron chi connectivity index (χ1n) is 13.2. The minimum absolute atomic E-state index is 0.0300. The van der Waals surface area contributed by atoms with Gasteiger partial charge in [-0.25, -0.2) is 9.80 Å². The van der Waals surface area contributed by atoms with E-state index in [2.05, 4.69) is 16.1 Å². The van der Waals surface area contributed by atoms with Gasteiger partial charge in [-0.2, -0.15) is 0 Å². The maximum absolute atomic E-state index is 13.8. The van der Waals surface area contributed by atoms with Crippen molar-refractivity contribution in [3.8, 4) is 0 Å². The Hall–Kier alpha value is -2.85. The van der Waals surface area contributed by atoms with Crippen molar-refractivity contribution in [2.75, 3.05) is 19.6 Å². The Morgan fingerprint density at radius 3 is 2.32 bits per heavy atom. The van der Waals surface area contributed by atoms with Gasteiger partial charge in [0.2, 0.25) is 17.7 Å². The number of fused-ring (bicyclic) bond motifs is 1. The second-order valence-corrected chi connectivity index (χ2v) is 12.6. The Balaban J connectivity index is 1.86. The number of amides is 5. The molecular weight excluding hydrogens is 478 g/mol. The lowest BCUT2D eigenvalue weighted by Gasteiger charge is -2.37. The summed E-state index contributed by atoms with van der Waals surface area (Å²) in [5.41, 5.74) is 1.33. The minimum atomic E-state index is -0.803. The van der Waals surface area contributed by atoms with Gasteiger partial charge in [-0.15, -0.1) is 0 Å². The van der Waals surface area contributed by atoms with Gasteiger partial charge in [0.05, 0.1) is 12.5 Å². The molecule has 1 saturated carbocycles. The smallest absolute Gasteiger partial charge is 0.429 e. The molecule has 2 heterocycles. The molecule has 0 bridgehead atoms. The van der Waals surface area contributed by atoms with Crippen LogP contribution in [0.5, 0.6) is 0 Å². The first-order chi connectivity index (χ1) is 17.1. The first kappa shape index (κ1) is 28.7. The third kappa shape index (κ3) is 6.93. The van der Waals surface area contributed by atoms with Crippen molar-refractivity contribution < 1.29 is 28.7 Å². The van der Waals surface area contributed by atoms with Crippen molar-refractivity contribution in [3.63, 3.8) is 0 Å². The van der Waals surface area contributed by atoms with Crippen molar-refractivity contribution in [1.82, 2.24) is 26.0 Å². The number of rotatable bonds is 5. The Morgan fingerprint density at radius 1 is 1.11 bits per heavy atom. The SMILES string of the molecule is CC(=O)NC(C(=O)N1C[C@@H]2CCC[C@@H]2[C@H]1C(=O)NN(C[C@@H]1CCNC1=O)C(=O)OC(C)(C)C)C(C)(C)C. The monoisotopic (exact) mass is 521 g/mol. The topological polar surface area (TPSA) is 137 Å². The van der Waals surface area contributed by atoms with Crippen LogP contribution >= 0.6 is 0 Å². The number of carbonyl (C=O) groups excluding carboxylic acids is 5. The predicted octanol–water partition coefficient (Wildman–Crippen LogP) is 1.57. The van der Waals surface area contributed by atoms with E-state index in [4.69, 9.17) is 4.74 Å². The highest BCUT2D eigenvalue weighted by Crippen LogP contribution is 2.43. The first-order valence-corrected chi connectivity index (χ1v) is 13.2. The van der Waals surface area contributed by atoms with Crippen molar-refractivity contribution in [2.45, 2.75) is 91.8 Å². The van der Waals surface area contributed by atoms with Gasteiger partial charge in [0.1, 0.15) is 17.7 Å². The number of hydrazine groups is 1. The molecule has 0 spiro atoms. The summed E-state index contributed by atoms with van der Waals surface area (Å²) < 4.78 is 5.51. The van der Waals surface area contributed by atoms with Crippen LogP contribution in [0.3, 0.4) is 0 Å². The number of nitrogens with zero attached hydrogens (tertiary/aromatic N) is 2. The predicted molar refractivity (Wildman–Crippen MR) is 136 cm³/mol. The lowest BCUT2D eigenvalue weighted by molar-refractivity contribution is -0.146. The number of hydrogen-bond acceptors (Lipinski definition) is 6. The van der Waals surface area contributed by atoms with Gasteiger partial charge in [0.25, 0.3) is 5.91 Å². The van der Waals surface area contributed by atoms with Crippen molar-refractivity contribution in [2.24, 2.45) is 23.2 Å². The molecule has 3 N–H and O–H groups in total. The molecule has 0 radical (unpaired) electrons. The fourth-order valence-electron chi connectivity index (χ4n) is 5.61. The third-order valence-electron chi connectivity index (χ3n) is 7.33. The van der Waals surface area contributed by atoms with E-state index >= 15 is 0 Å². The number of carbonyl (C=O) groups is 5. The van der Waals surface area contributed by atoms with E-state index in [1.165, 1.54) is 6.92 Å². The van der Waals surface area contributed by atoms with Gasteiger partial charge in [-0.1, -0.05) is 27.2 Å². The van der Waals surface area contributed by atoms with Crippen LogP contribution < -0.4 is 16.1 Å². The minimum Gasteiger partial charge on any atom is -0.442 e. The lowest BCUT2D eigenvalue weighted by atomic mass is 9.85. The Bertz CT molecular complexity index is 923. The van der Waals surface area contributed by atoms with Gasteiger partial charge in [0, 0.05) is 20.0 Å². The molecule has 3 rings (SSSR count). The average molecular weight is 522 g/mol. The van der Waals surface area contributed by atoms with E-state index in [-0.39, 0.29) is 36.1 Å². The summed E-state index contributed by atoms with van der Waals surface area (Å²) >= 11 is 0. The van der Waals surface area contributed by atoms with Gasteiger partial charge in [-0.3, -0.25) is 24.6 Å². The molecule has 3 aliphatic rings. The molecule has 3 fully saturated rings. The molecule has 37 heavy (non-hydrogen) atoms. The van der Waals surface area contributed by atoms with Gasteiger partial charge >= 0.3 is 6.09 Å².